The van der Waals surface area contributed by atoms with Crippen LogP contribution in [0.4, 0.5) is 18.9 Å². The molecule has 0 aromatic heterocycles. The van der Waals surface area contributed by atoms with E-state index in [1.807, 2.05) is 0 Å². The molecule has 0 aliphatic heterocycles. The topological polar surface area (TPSA) is 16.8 Å². The van der Waals surface area contributed by atoms with Gasteiger partial charge < -0.3 is 9.64 Å². The third-order valence-corrected chi connectivity index (χ3v) is 2.19. The minimum atomic E-state index is -4.52. The first kappa shape index (κ1) is 14.3. The normalized spacial score (nSPS) is 11.4. The Hall–Kier alpha value is -1.74. The van der Waals surface area contributed by atoms with Gasteiger partial charge in [-0.3, -0.25) is 0 Å². The van der Waals surface area contributed by atoms with Gasteiger partial charge in [0.2, 0.25) is 0 Å². The highest BCUT2D eigenvalue weighted by molar-refractivity contribution is 5.52. The summed E-state index contributed by atoms with van der Waals surface area (Å²) in [6.45, 7) is 7.40. The van der Waals surface area contributed by atoms with Crippen LogP contribution in [0.3, 0.4) is 0 Å². The van der Waals surface area contributed by atoms with Crippen LogP contribution in [0.15, 0.2) is 18.2 Å². The molecule has 0 saturated heterocycles. The van der Waals surface area contributed by atoms with E-state index in [1.165, 1.54) is 12.1 Å². The average molecular weight is 258 g/mol. The molecule has 3 nitrogen and oxygen atoms in total. The zero-order valence-corrected chi connectivity index (χ0v) is 10.1. The Morgan fingerprint density at radius 1 is 1.33 bits per heavy atom. The lowest BCUT2D eigenvalue weighted by Crippen LogP contribution is -2.20. The lowest BCUT2D eigenvalue weighted by molar-refractivity contribution is -0.138. The minimum absolute atomic E-state index is 0.0534. The average Bonchev–Trinajstić information content (AvgIpc) is 2.27. The predicted octanol–water partition coefficient (Wildman–Crippen LogP) is 3.20. The number of hydrogen-bond acceptors (Lipinski definition) is 2. The Labute approximate surface area is 104 Å². The van der Waals surface area contributed by atoms with Crippen molar-refractivity contribution in [3.05, 3.63) is 35.2 Å². The molecule has 1 aromatic rings. The fourth-order valence-corrected chi connectivity index (χ4v) is 1.27. The molecular weight excluding hydrogens is 245 g/mol. The number of rotatable bonds is 4. The van der Waals surface area contributed by atoms with Crippen LogP contribution in [0.25, 0.3) is 4.85 Å². The van der Waals surface area contributed by atoms with Crippen molar-refractivity contribution in [3.8, 4) is 5.75 Å². The molecule has 0 unspecified atom stereocenters. The van der Waals surface area contributed by atoms with Gasteiger partial charge in [-0.05, 0) is 26.2 Å². The van der Waals surface area contributed by atoms with E-state index in [2.05, 4.69) is 4.85 Å². The van der Waals surface area contributed by atoms with Crippen LogP contribution < -0.4 is 4.74 Å². The maximum Gasteiger partial charge on any atom is 0.418 e. The summed E-state index contributed by atoms with van der Waals surface area (Å²) in [6.07, 6.45) is -4.52. The lowest BCUT2D eigenvalue weighted by Gasteiger charge is -2.16. The van der Waals surface area contributed by atoms with Crippen LogP contribution in [0.5, 0.6) is 5.75 Å². The molecule has 1 aromatic carbocycles. The molecule has 0 aliphatic carbocycles. The quantitative estimate of drug-likeness (QED) is 0.771. The SMILES string of the molecule is [C-]#[N+]c1ccc(OCCN(C)C)c(C(F)(F)F)c1. The van der Waals surface area contributed by atoms with Gasteiger partial charge in [-0.1, -0.05) is 6.07 Å². The second kappa shape index (κ2) is 5.74. The molecule has 0 atom stereocenters. The number of nitrogens with zero attached hydrogens (tertiary/aromatic N) is 2. The summed E-state index contributed by atoms with van der Waals surface area (Å²) in [5.41, 5.74) is -0.961. The van der Waals surface area contributed by atoms with Gasteiger partial charge in [-0.15, -0.1) is 0 Å². The van der Waals surface area contributed by atoms with Crippen molar-refractivity contribution in [1.82, 2.24) is 4.90 Å². The van der Waals surface area contributed by atoms with Gasteiger partial charge in [-0.2, -0.15) is 13.2 Å². The smallest absolute Gasteiger partial charge is 0.418 e. The Kier molecular flexibility index (Phi) is 4.56. The molecule has 0 amide bonds. The predicted molar refractivity (Wildman–Crippen MR) is 61.8 cm³/mol. The van der Waals surface area contributed by atoms with Gasteiger partial charge in [0, 0.05) is 6.54 Å². The van der Waals surface area contributed by atoms with Crippen LogP contribution in [0, 0.1) is 6.57 Å². The highest BCUT2D eigenvalue weighted by atomic mass is 19.4. The summed E-state index contributed by atoms with van der Waals surface area (Å²) in [7, 11) is 3.60. The van der Waals surface area contributed by atoms with Crippen LogP contribution >= 0.6 is 0 Å². The van der Waals surface area contributed by atoms with Crippen molar-refractivity contribution < 1.29 is 17.9 Å². The van der Waals surface area contributed by atoms with E-state index >= 15 is 0 Å². The second-order valence-corrected chi connectivity index (χ2v) is 3.94. The van der Waals surface area contributed by atoms with Crippen LogP contribution in [-0.4, -0.2) is 32.1 Å². The van der Waals surface area contributed by atoms with E-state index in [9.17, 15) is 13.2 Å². The summed E-state index contributed by atoms with van der Waals surface area (Å²) in [5, 5.41) is 0. The molecule has 18 heavy (non-hydrogen) atoms. The van der Waals surface area contributed by atoms with Gasteiger partial charge in [0.05, 0.1) is 12.1 Å². The van der Waals surface area contributed by atoms with Gasteiger partial charge >= 0.3 is 6.18 Å². The number of hydrogen-bond donors (Lipinski definition) is 0. The van der Waals surface area contributed by atoms with Crippen molar-refractivity contribution in [3.63, 3.8) is 0 Å². The summed E-state index contributed by atoms with van der Waals surface area (Å²) < 4.78 is 43.4. The van der Waals surface area contributed by atoms with Gasteiger partial charge in [-0.25, -0.2) is 4.85 Å². The van der Waals surface area contributed by atoms with E-state index in [0.29, 0.717) is 6.54 Å². The molecule has 1 rings (SSSR count). The fourth-order valence-electron chi connectivity index (χ4n) is 1.27. The number of likely N-dealkylation sites (N-methyl/N-ethyl adjacent to an activating group) is 1. The largest absolute Gasteiger partial charge is 0.492 e. The highest BCUT2D eigenvalue weighted by Gasteiger charge is 2.34. The molecule has 98 valence electrons. The summed E-state index contributed by atoms with van der Waals surface area (Å²) in [5.74, 6) is -0.239. The zero-order chi connectivity index (χ0) is 13.8. The minimum Gasteiger partial charge on any atom is -0.492 e. The summed E-state index contributed by atoms with van der Waals surface area (Å²) in [6, 6.07) is 3.30. The monoisotopic (exact) mass is 258 g/mol. The maximum absolute atomic E-state index is 12.8. The van der Waals surface area contributed by atoms with Gasteiger partial charge in [0.15, 0.2) is 5.69 Å². The number of benzene rings is 1. The van der Waals surface area contributed by atoms with Crippen molar-refractivity contribution >= 4 is 5.69 Å². The number of halogens is 3. The molecule has 0 fully saturated rings. The molecule has 0 saturated carbocycles. The van der Waals surface area contributed by atoms with Crippen LogP contribution in [0.2, 0.25) is 0 Å². The summed E-state index contributed by atoms with van der Waals surface area (Å²) in [4.78, 5) is 4.79. The molecular formula is C12H13F3N2O. The van der Waals surface area contributed by atoms with E-state index < -0.39 is 11.7 Å². The van der Waals surface area contributed by atoms with E-state index in [4.69, 9.17) is 11.3 Å². The Bertz CT molecular complexity index is 450. The molecule has 0 N–H and O–H groups in total. The van der Waals surface area contributed by atoms with Gasteiger partial charge in [0.25, 0.3) is 0 Å². The van der Waals surface area contributed by atoms with Crippen molar-refractivity contribution in [2.75, 3.05) is 27.2 Å². The first-order chi connectivity index (χ1) is 8.34. The third kappa shape index (κ3) is 3.93. The first-order valence-corrected chi connectivity index (χ1v) is 5.21. The molecule has 0 radical (unpaired) electrons. The van der Waals surface area contributed by atoms with E-state index in [0.717, 1.165) is 6.07 Å². The fraction of sp³-hybridized carbons (Fsp3) is 0.417. The number of ether oxygens (including phenoxy) is 1. The van der Waals surface area contributed by atoms with E-state index in [1.54, 1.807) is 19.0 Å². The molecule has 0 spiro atoms. The zero-order valence-electron chi connectivity index (χ0n) is 10.1. The van der Waals surface area contributed by atoms with Crippen molar-refractivity contribution in [2.24, 2.45) is 0 Å². The Balaban J connectivity index is 2.94. The molecule has 0 bridgehead atoms. The maximum atomic E-state index is 12.8. The molecule has 0 heterocycles. The van der Waals surface area contributed by atoms with Crippen LogP contribution in [-0.2, 0) is 6.18 Å². The highest BCUT2D eigenvalue weighted by Crippen LogP contribution is 2.38. The van der Waals surface area contributed by atoms with E-state index in [-0.39, 0.29) is 18.0 Å². The van der Waals surface area contributed by atoms with Crippen molar-refractivity contribution in [1.29, 1.82) is 0 Å². The Morgan fingerprint density at radius 2 is 2.00 bits per heavy atom. The van der Waals surface area contributed by atoms with Crippen LogP contribution in [0.1, 0.15) is 5.56 Å². The second-order valence-electron chi connectivity index (χ2n) is 3.94. The Morgan fingerprint density at radius 3 is 2.50 bits per heavy atom. The third-order valence-electron chi connectivity index (χ3n) is 2.19. The first-order valence-electron chi connectivity index (χ1n) is 5.21. The molecule has 6 heteroatoms. The number of alkyl halides is 3. The van der Waals surface area contributed by atoms with Crippen molar-refractivity contribution in [2.45, 2.75) is 6.18 Å². The lowest BCUT2D eigenvalue weighted by atomic mass is 10.1. The van der Waals surface area contributed by atoms with Gasteiger partial charge in [0.1, 0.15) is 12.4 Å². The standard InChI is InChI=1S/C12H13F3N2O/c1-16-9-4-5-11(18-7-6-17(2)3)10(8-9)12(13,14)15/h4-5,8H,6-7H2,2-3H3. The summed E-state index contributed by atoms with van der Waals surface area (Å²) >= 11 is 0. The molecule has 0 aliphatic rings.